The van der Waals surface area contributed by atoms with Crippen LogP contribution in [0.2, 0.25) is 0 Å². The maximum Gasteiger partial charge on any atom is 0.253 e. The number of benzene rings is 2. The van der Waals surface area contributed by atoms with Gasteiger partial charge in [0.15, 0.2) is 0 Å². The van der Waals surface area contributed by atoms with Crippen LogP contribution >= 0.6 is 0 Å². The van der Waals surface area contributed by atoms with E-state index in [1.165, 1.54) is 6.07 Å². The van der Waals surface area contributed by atoms with Crippen LogP contribution in [0.4, 0.5) is 10.1 Å². The summed E-state index contributed by atoms with van der Waals surface area (Å²) in [6, 6.07) is 11.9. The van der Waals surface area contributed by atoms with Gasteiger partial charge in [0.05, 0.1) is 11.3 Å². The lowest BCUT2D eigenvalue weighted by Crippen LogP contribution is -2.23. The number of halogens is 1. The summed E-state index contributed by atoms with van der Waals surface area (Å²) < 4.78 is 13.5. The quantitative estimate of drug-likeness (QED) is 0.812. The molecule has 2 aromatic carbocycles. The molecule has 1 atom stereocenters. The Morgan fingerprint density at radius 2 is 1.81 bits per heavy atom. The lowest BCUT2D eigenvalue weighted by molar-refractivity contribution is -0.116. The second-order valence-corrected chi connectivity index (χ2v) is 6.74. The van der Waals surface area contributed by atoms with Crippen molar-refractivity contribution in [1.29, 1.82) is 0 Å². The largest absolute Gasteiger partial charge is 0.355 e. The fourth-order valence-corrected chi connectivity index (χ4v) is 2.96. The molecule has 4 nitrogen and oxygen atoms in total. The molecule has 26 heavy (non-hydrogen) atoms. The molecule has 138 valence electrons. The summed E-state index contributed by atoms with van der Waals surface area (Å²) in [5.41, 5.74) is 2.41. The first-order valence-corrected chi connectivity index (χ1v) is 8.70. The summed E-state index contributed by atoms with van der Waals surface area (Å²) >= 11 is 0. The molecule has 0 saturated carbocycles. The van der Waals surface area contributed by atoms with Crippen molar-refractivity contribution in [2.75, 3.05) is 12.4 Å². The van der Waals surface area contributed by atoms with Gasteiger partial charge in [-0.2, -0.15) is 0 Å². The molecule has 0 aliphatic heterocycles. The van der Waals surface area contributed by atoms with Crippen molar-refractivity contribution in [2.24, 2.45) is 5.92 Å². The normalized spacial score (nSPS) is 11.9. The number of hydrogen-bond acceptors (Lipinski definition) is 2. The van der Waals surface area contributed by atoms with Gasteiger partial charge in [-0.1, -0.05) is 38.1 Å². The Morgan fingerprint density at radius 1 is 1.12 bits per heavy atom. The molecule has 5 heteroatoms. The number of para-hydroxylation sites is 1. The number of hydrogen-bond donors (Lipinski definition) is 2. The first-order chi connectivity index (χ1) is 12.3. The monoisotopic (exact) mass is 356 g/mol. The molecule has 2 amide bonds. The minimum absolute atomic E-state index is 0.0403. The number of nitrogens with one attached hydrogen (secondary N) is 2. The van der Waals surface area contributed by atoms with E-state index in [-0.39, 0.29) is 35.9 Å². The van der Waals surface area contributed by atoms with E-state index in [0.29, 0.717) is 16.8 Å². The predicted molar refractivity (Wildman–Crippen MR) is 102 cm³/mol. The molecule has 0 spiro atoms. The van der Waals surface area contributed by atoms with Crippen LogP contribution in [0.1, 0.15) is 47.7 Å². The highest BCUT2D eigenvalue weighted by atomic mass is 19.1. The Kier molecular flexibility index (Phi) is 6.50. The van der Waals surface area contributed by atoms with Crippen LogP contribution in [-0.2, 0) is 4.79 Å². The van der Waals surface area contributed by atoms with Crippen molar-refractivity contribution >= 4 is 17.5 Å². The standard InChI is InChI=1S/C21H25FN2O2/c1-13(2)17(15-9-10-18(22)14(3)11-15)12-20(25)24-19-8-6-5-7-16(19)21(26)23-4/h5-11,13,17H,12H2,1-4H3,(H,23,26)(H,24,25). The van der Waals surface area contributed by atoms with Gasteiger partial charge in [0.2, 0.25) is 5.91 Å². The third-order valence-electron chi connectivity index (χ3n) is 4.49. The van der Waals surface area contributed by atoms with Gasteiger partial charge in [-0.25, -0.2) is 4.39 Å². The lowest BCUT2D eigenvalue weighted by atomic mass is 9.85. The molecule has 0 heterocycles. The van der Waals surface area contributed by atoms with Crippen molar-refractivity contribution in [3.05, 3.63) is 65.0 Å². The maximum atomic E-state index is 13.5. The SMILES string of the molecule is CNC(=O)c1ccccc1NC(=O)CC(c1ccc(F)c(C)c1)C(C)C. The van der Waals surface area contributed by atoms with Crippen LogP contribution in [0, 0.1) is 18.7 Å². The predicted octanol–water partition coefficient (Wildman–Crippen LogP) is 4.26. The number of anilines is 1. The zero-order chi connectivity index (χ0) is 19.3. The molecule has 2 N–H and O–H groups in total. The topological polar surface area (TPSA) is 58.2 Å². The lowest BCUT2D eigenvalue weighted by Gasteiger charge is -2.22. The van der Waals surface area contributed by atoms with E-state index in [9.17, 15) is 14.0 Å². The Bertz CT molecular complexity index is 802. The summed E-state index contributed by atoms with van der Waals surface area (Å²) in [6.07, 6.45) is 0.255. The molecule has 2 aromatic rings. The summed E-state index contributed by atoms with van der Waals surface area (Å²) in [7, 11) is 1.55. The molecule has 2 rings (SSSR count). The molecule has 0 aromatic heterocycles. The zero-order valence-corrected chi connectivity index (χ0v) is 15.6. The van der Waals surface area contributed by atoms with E-state index >= 15 is 0 Å². The molecular weight excluding hydrogens is 331 g/mol. The van der Waals surface area contributed by atoms with Crippen LogP contribution in [0.3, 0.4) is 0 Å². The molecule has 1 unspecified atom stereocenters. The molecule has 0 fully saturated rings. The van der Waals surface area contributed by atoms with Crippen LogP contribution in [-0.4, -0.2) is 18.9 Å². The van der Waals surface area contributed by atoms with Crippen molar-refractivity contribution in [2.45, 2.75) is 33.1 Å². The van der Waals surface area contributed by atoms with Crippen molar-refractivity contribution in [1.82, 2.24) is 5.32 Å². The van der Waals surface area contributed by atoms with Gasteiger partial charge < -0.3 is 10.6 Å². The summed E-state index contributed by atoms with van der Waals surface area (Å²) in [5.74, 6) is -0.515. The zero-order valence-electron chi connectivity index (χ0n) is 15.6. The van der Waals surface area contributed by atoms with Gasteiger partial charge in [-0.15, -0.1) is 0 Å². The second kappa shape index (κ2) is 8.61. The van der Waals surface area contributed by atoms with E-state index in [2.05, 4.69) is 10.6 Å². The van der Waals surface area contributed by atoms with Gasteiger partial charge in [0.1, 0.15) is 5.82 Å². The second-order valence-electron chi connectivity index (χ2n) is 6.74. The molecule has 0 radical (unpaired) electrons. The molecular formula is C21H25FN2O2. The first-order valence-electron chi connectivity index (χ1n) is 8.70. The highest BCUT2D eigenvalue weighted by Crippen LogP contribution is 2.30. The van der Waals surface area contributed by atoms with Gasteiger partial charge in [0, 0.05) is 13.5 Å². The molecule has 0 aliphatic rings. The van der Waals surface area contributed by atoms with Crippen LogP contribution in [0.5, 0.6) is 0 Å². The van der Waals surface area contributed by atoms with Crippen LogP contribution in [0.15, 0.2) is 42.5 Å². The van der Waals surface area contributed by atoms with Crippen LogP contribution in [0.25, 0.3) is 0 Å². The highest BCUT2D eigenvalue weighted by Gasteiger charge is 2.21. The first kappa shape index (κ1) is 19.6. The summed E-state index contributed by atoms with van der Waals surface area (Å²) in [6.45, 7) is 5.79. The van der Waals surface area contributed by atoms with Gasteiger partial charge in [0.25, 0.3) is 5.91 Å². The fraction of sp³-hybridized carbons (Fsp3) is 0.333. The smallest absolute Gasteiger partial charge is 0.253 e. The average Bonchev–Trinajstić information content (AvgIpc) is 2.61. The van der Waals surface area contributed by atoms with E-state index < -0.39 is 0 Å². The van der Waals surface area contributed by atoms with Crippen molar-refractivity contribution in [3.63, 3.8) is 0 Å². The number of carbonyl (C=O) groups is 2. The van der Waals surface area contributed by atoms with Crippen molar-refractivity contribution < 1.29 is 14.0 Å². The van der Waals surface area contributed by atoms with Gasteiger partial charge in [-0.05, 0) is 48.1 Å². The van der Waals surface area contributed by atoms with Crippen molar-refractivity contribution in [3.8, 4) is 0 Å². The van der Waals surface area contributed by atoms with Gasteiger partial charge in [-0.3, -0.25) is 9.59 Å². The fourth-order valence-electron chi connectivity index (χ4n) is 2.96. The third-order valence-corrected chi connectivity index (χ3v) is 4.49. The molecule has 0 saturated heterocycles. The van der Waals surface area contributed by atoms with E-state index in [4.69, 9.17) is 0 Å². The maximum absolute atomic E-state index is 13.5. The van der Waals surface area contributed by atoms with Crippen LogP contribution < -0.4 is 10.6 Å². The number of aryl methyl sites for hydroxylation is 1. The summed E-state index contributed by atoms with van der Waals surface area (Å²) in [4.78, 5) is 24.5. The summed E-state index contributed by atoms with van der Waals surface area (Å²) in [5, 5.41) is 5.40. The third kappa shape index (κ3) is 4.69. The molecule has 0 aliphatic carbocycles. The van der Waals surface area contributed by atoms with E-state index in [1.54, 1.807) is 50.4 Å². The minimum atomic E-state index is -0.254. The Balaban J connectivity index is 2.19. The number of amides is 2. The van der Waals surface area contributed by atoms with E-state index in [0.717, 1.165) is 5.56 Å². The number of carbonyl (C=O) groups excluding carboxylic acids is 2. The Labute approximate surface area is 153 Å². The highest BCUT2D eigenvalue weighted by molar-refractivity contribution is 6.03. The Hall–Kier alpha value is -2.69. The minimum Gasteiger partial charge on any atom is -0.355 e. The van der Waals surface area contributed by atoms with E-state index in [1.807, 2.05) is 13.8 Å². The molecule has 0 bridgehead atoms. The number of rotatable bonds is 6. The average molecular weight is 356 g/mol. The Morgan fingerprint density at radius 3 is 2.42 bits per heavy atom. The van der Waals surface area contributed by atoms with Gasteiger partial charge >= 0.3 is 0 Å².